The van der Waals surface area contributed by atoms with Crippen LogP contribution in [0.1, 0.15) is 27.0 Å². The van der Waals surface area contributed by atoms with Gasteiger partial charge in [0.05, 0.1) is 6.54 Å². The minimum Gasteiger partial charge on any atom is -0.377 e. The first kappa shape index (κ1) is 8.30. The SMILES string of the molecule is Cc1cc(C)c2c(c1C)NCC2=O. The van der Waals surface area contributed by atoms with E-state index in [2.05, 4.69) is 25.2 Å². The Labute approximate surface area is 78.0 Å². The third-order valence-corrected chi connectivity index (χ3v) is 2.75. The quantitative estimate of drug-likeness (QED) is 0.655. The van der Waals surface area contributed by atoms with Crippen molar-refractivity contribution in [1.82, 2.24) is 0 Å². The van der Waals surface area contributed by atoms with Gasteiger partial charge in [0.2, 0.25) is 0 Å². The number of Topliss-reactive ketones (excluding diaryl/α,β-unsaturated/α-hetero) is 1. The summed E-state index contributed by atoms with van der Waals surface area (Å²) in [5.41, 5.74) is 5.48. The Morgan fingerprint density at radius 3 is 2.62 bits per heavy atom. The average molecular weight is 175 g/mol. The molecule has 1 aromatic rings. The van der Waals surface area contributed by atoms with Crippen molar-refractivity contribution in [2.24, 2.45) is 0 Å². The summed E-state index contributed by atoms with van der Waals surface area (Å²) in [5, 5.41) is 3.15. The van der Waals surface area contributed by atoms with Gasteiger partial charge in [0.15, 0.2) is 5.78 Å². The number of rotatable bonds is 0. The van der Waals surface area contributed by atoms with Gasteiger partial charge in [-0.25, -0.2) is 0 Å². The summed E-state index contributed by atoms with van der Waals surface area (Å²) >= 11 is 0. The fraction of sp³-hybridized carbons (Fsp3) is 0.364. The van der Waals surface area contributed by atoms with Crippen LogP contribution in [0.25, 0.3) is 0 Å². The van der Waals surface area contributed by atoms with Crippen LogP contribution in [0.3, 0.4) is 0 Å². The Kier molecular flexibility index (Phi) is 1.65. The van der Waals surface area contributed by atoms with E-state index in [1.54, 1.807) is 0 Å². The average Bonchev–Trinajstić information content (AvgIpc) is 2.44. The molecular formula is C11H13NO. The number of benzene rings is 1. The second-order valence-electron chi connectivity index (χ2n) is 3.66. The highest BCUT2D eigenvalue weighted by molar-refractivity contribution is 6.09. The molecule has 2 rings (SSSR count). The highest BCUT2D eigenvalue weighted by atomic mass is 16.1. The number of carbonyl (C=O) groups is 1. The van der Waals surface area contributed by atoms with E-state index in [0.717, 1.165) is 16.8 Å². The molecule has 1 N–H and O–H groups in total. The molecule has 0 aliphatic carbocycles. The molecule has 0 saturated heterocycles. The minimum absolute atomic E-state index is 0.218. The van der Waals surface area contributed by atoms with E-state index >= 15 is 0 Å². The maximum Gasteiger partial charge on any atom is 0.184 e. The molecule has 0 amide bonds. The lowest BCUT2D eigenvalue weighted by Gasteiger charge is -2.09. The zero-order chi connectivity index (χ0) is 9.59. The van der Waals surface area contributed by atoms with E-state index in [0.29, 0.717) is 6.54 Å². The Morgan fingerprint density at radius 2 is 1.92 bits per heavy atom. The number of fused-ring (bicyclic) bond motifs is 1. The van der Waals surface area contributed by atoms with Gasteiger partial charge in [0.1, 0.15) is 0 Å². The fourth-order valence-corrected chi connectivity index (χ4v) is 1.92. The lowest BCUT2D eigenvalue weighted by Crippen LogP contribution is -2.01. The Morgan fingerprint density at radius 1 is 1.23 bits per heavy atom. The molecule has 0 radical (unpaired) electrons. The Bertz CT molecular complexity index is 394. The molecule has 0 atom stereocenters. The monoisotopic (exact) mass is 175 g/mol. The second-order valence-corrected chi connectivity index (χ2v) is 3.66. The molecule has 1 heterocycles. The molecule has 1 aliphatic heterocycles. The molecule has 1 aliphatic rings. The van der Waals surface area contributed by atoms with Crippen molar-refractivity contribution in [2.75, 3.05) is 11.9 Å². The van der Waals surface area contributed by atoms with Crippen LogP contribution in [-0.2, 0) is 0 Å². The molecule has 0 fully saturated rings. The molecule has 13 heavy (non-hydrogen) atoms. The first-order chi connectivity index (χ1) is 6.11. The van der Waals surface area contributed by atoms with E-state index in [-0.39, 0.29) is 5.78 Å². The van der Waals surface area contributed by atoms with Gasteiger partial charge in [-0.1, -0.05) is 6.07 Å². The summed E-state index contributed by atoms with van der Waals surface area (Å²) in [6.07, 6.45) is 0. The summed E-state index contributed by atoms with van der Waals surface area (Å²) < 4.78 is 0. The van der Waals surface area contributed by atoms with Gasteiger partial charge >= 0.3 is 0 Å². The Balaban J connectivity index is 2.76. The van der Waals surface area contributed by atoms with Gasteiger partial charge in [0.25, 0.3) is 0 Å². The predicted octanol–water partition coefficient (Wildman–Crippen LogP) is 2.22. The van der Waals surface area contributed by atoms with Crippen molar-refractivity contribution < 1.29 is 4.79 Å². The minimum atomic E-state index is 0.218. The standard InChI is InChI=1S/C11H13NO/c1-6-4-7(2)10-9(13)5-12-11(10)8(6)3/h4,12H,5H2,1-3H3. The third kappa shape index (κ3) is 1.05. The molecule has 2 nitrogen and oxygen atoms in total. The number of hydrogen-bond donors (Lipinski definition) is 1. The van der Waals surface area contributed by atoms with Crippen LogP contribution in [0.5, 0.6) is 0 Å². The first-order valence-electron chi connectivity index (χ1n) is 4.49. The normalized spacial score (nSPS) is 14.2. The number of carbonyl (C=O) groups excluding carboxylic acids is 1. The van der Waals surface area contributed by atoms with Gasteiger partial charge in [-0.2, -0.15) is 0 Å². The van der Waals surface area contributed by atoms with Gasteiger partial charge < -0.3 is 5.32 Å². The summed E-state index contributed by atoms with van der Waals surface area (Å²) in [4.78, 5) is 11.5. The molecule has 0 unspecified atom stereocenters. The van der Waals surface area contributed by atoms with Gasteiger partial charge in [-0.15, -0.1) is 0 Å². The zero-order valence-corrected chi connectivity index (χ0v) is 8.19. The second kappa shape index (κ2) is 2.59. The van der Waals surface area contributed by atoms with Gasteiger partial charge in [-0.05, 0) is 37.5 Å². The summed E-state index contributed by atoms with van der Waals surface area (Å²) in [6, 6.07) is 2.08. The highest BCUT2D eigenvalue weighted by Gasteiger charge is 2.23. The molecule has 68 valence electrons. The largest absolute Gasteiger partial charge is 0.377 e. The number of ketones is 1. The first-order valence-corrected chi connectivity index (χ1v) is 4.49. The number of aryl methyl sites for hydroxylation is 2. The number of anilines is 1. The molecule has 2 heteroatoms. The molecule has 0 aromatic heterocycles. The molecule has 0 spiro atoms. The molecule has 1 aromatic carbocycles. The van der Waals surface area contributed by atoms with Crippen molar-refractivity contribution in [3.8, 4) is 0 Å². The fourth-order valence-electron chi connectivity index (χ4n) is 1.92. The van der Waals surface area contributed by atoms with E-state index in [4.69, 9.17) is 0 Å². The third-order valence-electron chi connectivity index (χ3n) is 2.75. The summed E-state index contributed by atoms with van der Waals surface area (Å²) in [6.45, 7) is 6.59. The lowest BCUT2D eigenvalue weighted by atomic mass is 9.98. The van der Waals surface area contributed by atoms with E-state index in [1.165, 1.54) is 11.1 Å². The van der Waals surface area contributed by atoms with Crippen LogP contribution in [0.4, 0.5) is 5.69 Å². The lowest BCUT2D eigenvalue weighted by molar-refractivity contribution is 0.101. The zero-order valence-electron chi connectivity index (χ0n) is 8.19. The van der Waals surface area contributed by atoms with Crippen molar-refractivity contribution >= 4 is 11.5 Å². The maximum absolute atomic E-state index is 11.5. The van der Waals surface area contributed by atoms with E-state index in [1.807, 2.05) is 6.92 Å². The summed E-state index contributed by atoms with van der Waals surface area (Å²) in [7, 11) is 0. The predicted molar refractivity (Wildman–Crippen MR) is 53.5 cm³/mol. The summed E-state index contributed by atoms with van der Waals surface area (Å²) in [5.74, 6) is 0.218. The van der Waals surface area contributed by atoms with Gasteiger partial charge in [-0.3, -0.25) is 4.79 Å². The number of hydrogen-bond acceptors (Lipinski definition) is 2. The highest BCUT2D eigenvalue weighted by Crippen LogP contribution is 2.31. The van der Waals surface area contributed by atoms with Crippen LogP contribution >= 0.6 is 0 Å². The van der Waals surface area contributed by atoms with E-state index in [9.17, 15) is 4.79 Å². The smallest absolute Gasteiger partial charge is 0.184 e. The Hall–Kier alpha value is -1.31. The van der Waals surface area contributed by atoms with Crippen LogP contribution in [0, 0.1) is 20.8 Å². The van der Waals surface area contributed by atoms with Crippen LogP contribution < -0.4 is 5.32 Å². The van der Waals surface area contributed by atoms with Crippen molar-refractivity contribution in [2.45, 2.75) is 20.8 Å². The molecular weight excluding hydrogens is 162 g/mol. The van der Waals surface area contributed by atoms with Crippen LogP contribution in [-0.4, -0.2) is 12.3 Å². The maximum atomic E-state index is 11.5. The van der Waals surface area contributed by atoms with Crippen LogP contribution in [0.15, 0.2) is 6.07 Å². The number of nitrogens with one attached hydrogen (secondary N) is 1. The van der Waals surface area contributed by atoms with Crippen molar-refractivity contribution in [3.63, 3.8) is 0 Å². The van der Waals surface area contributed by atoms with Crippen molar-refractivity contribution in [1.29, 1.82) is 0 Å². The van der Waals surface area contributed by atoms with Gasteiger partial charge in [0, 0.05) is 11.3 Å². The van der Waals surface area contributed by atoms with E-state index < -0.39 is 0 Å². The molecule has 0 saturated carbocycles. The topological polar surface area (TPSA) is 29.1 Å². The molecule has 0 bridgehead atoms. The van der Waals surface area contributed by atoms with Crippen LogP contribution in [0.2, 0.25) is 0 Å². The van der Waals surface area contributed by atoms with Crippen molar-refractivity contribution in [3.05, 3.63) is 28.3 Å².